The number of allylic oxidation sites excluding steroid dienone is 1. The van der Waals surface area contributed by atoms with E-state index < -0.39 is 0 Å². The van der Waals surface area contributed by atoms with Crippen LogP contribution < -0.4 is 4.74 Å². The molecule has 2 aromatic carbocycles. The summed E-state index contributed by atoms with van der Waals surface area (Å²) in [5.74, 6) is 0.621. The van der Waals surface area contributed by atoms with Crippen molar-refractivity contribution in [3.05, 3.63) is 72.0 Å². The number of ketones is 1. The number of rotatable bonds is 4. The zero-order valence-electron chi connectivity index (χ0n) is 11.6. The highest BCUT2D eigenvalue weighted by Gasteiger charge is 2.03. The Labute approximate surface area is 122 Å². The molecule has 0 N–H and O–H groups in total. The summed E-state index contributed by atoms with van der Waals surface area (Å²) in [5.41, 5.74) is 2.40. The lowest BCUT2D eigenvalue weighted by molar-refractivity contribution is 0.104. The number of hydrogen-bond acceptors (Lipinski definition) is 3. The van der Waals surface area contributed by atoms with Gasteiger partial charge in [-0.3, -0.25) is 4.79 Å². The molecule has 0 radical (unpaired) electrons. The number of furan rings is 1. The standard InChI is InChI=1S/C18H14O3/c1-20-16-4-2-3-14(12-16)17(19)7-5-13-6-8-18-15(11-13)9-10-21-18/h2-12H,1H3/b7-5+. The van der Waals surface area contributed by atoms with Crippen molar-refractivity contribution in [2.24, 2.45) is 0 Å². The minimum Gasteiger partial charge on any atom is -0.497 e. The lowest BCUT2D eigenvalue weighted by atomic mass is 10.1. The minimum atomic E-state index is -0.0545. The van der Waals surface area contributed by atoms with E-state index >= 15 is 0 Å². The molecule has 3 rings (SSSR count). The number of hydrogen-bond donors (Lipinski definition) is 0. The molecule has 0 amide bonds. The van der Waals surface area contributed by atoms with Crippen molar-refractivity contribution in [3.63, 3.8) is 0 Å². The largest absolute Gasteiger partial charge is 0.497 e. The molecule has 0 spiro atoms. The summed E-state index contributed by atoms with van der Waals surface area (Å²) in [4.78, 5) is 12.1. The van der Waals surface area contributed by atoms with Crippen LogP contribution in [0.5, 0.6) is 5.75 Å². The molecule has 3 aromatic rings. The van der Waals surface area contributed by atoms with Crippen molar-refractivity contribution in [3.8, 4) is 5.75 Å². The van der Waals surface area contributed by atoms with Crippen LogP contribution in [0.25, 0.3) is 17.0 Å². The maximum Gasteiger partial charge on any atom is 0.185 e. The highest BCUT2D eigenvalue weighted by atomic mass is 16.5. The Balaban J connectivity index is 1.82. The third-order valence-corrected chi connectivity index (χ3v) is 3.26. The molecule has 0 aliphatic heterocycles. The summed E-state index contributed by atoms with van der Waals surface area (Å²) < 4.78 is 10.4. The van der Waals surface area contributed by atoms with Crippen LogP contribution in [0, 0.1) is 0 Å². The normalized spacial score (nSPS) is 11.1. The van der Waals surface area contributed by atoms with Gasteiger partial charge in [0.15, 0.2) is 5.78 Å². The fourth-order valence-electron chi connectivity index (χ4n) is 2.13. The maximum absolute atomic E-state index is 12.1. The fraction of sp³-hybridized carbons (Fsp3) is 0.0556. The molecule has 3 heteroatoms. The second-order valence-electron chi connectivity index (χ2n) is 4.65. The van der Waals surface area contributed by atoms with Crippen LogP contribution in [0.1, 0.15) is 15.9 Å². The van der Waals surface area contributed by atoms with Crippen molar-refractivity contribution in [2.75, 3.05) is 7.11 Å². The van der Waals surface area contributed by atoms with Crippen LogP contribution in [0.4, 0.5) is 0 Å². The van der Waals surface area contributed by atoms with E-state index in [0.717, 1.165) is 16.5 Å². The Morgan fingerprint density at radius 2 is 2.05 bits per heavy atom. The van der Waals surface area contributed by atoms with E-state index in [1.807, 2.05) is 30.3 Å². The van der Waals surface area contributed by atoms with Gasteiger partial charge in [-0.2, -0.15) is 0 Å². The Morgan fingerprint density at radius 3 is 2.90 bits per heavy atom. The average Bonchev–Trinajstić information content (AvgIpc) is 3.00. The van der Waals surface area contributed by atoms with Gasteiger partial charge in [0, 0.05) is 10.9 Å². The van der Waals surface area contributed by atoms with Gasteiger partial charge in [0.1, 0.15) is 11.3 Å². The molecule has 0 bridgehead atoms. The number of carbonyl (C=O) groups excluding carboxylic acids is 1. The van der Waals surface area contributed by atoms with E-state index in [1.54, 1.807) is 43.7 Å². The first-order chi connectivity index (χ1) is 10.3. The Kier molecular flexibility index (Phi) is 3.56. The zero-order chi connectivity index (χ0) is 14.7. The summed E-state index contributed by atoms with van der Waals surface area (Å²) in [5, 5.41) is 1.02. The number of benzene rings is 2. The number of methoxy groups -OCH3 is 1. The van der Waals surface area contributed by atoms with E-state index in [1.165, 1.54) is 0 Å². The van der Waals surface area contributed by atoms with Crippen LogP contribution >= 0.6 is 0 Å². The topological polar surface area (TPSA) is 39.4 Å². The first kappa shape index (κ1) is 13.2. The van der Waals surface area contributed by atoms with Crippen LogP contribution in [-0.2, 0) is 0 Å². The monoisotopic (exact) mass is 278 g/mol. The van der Waals surface area contributed by atoms with Crippen molar-refractivity contribution in [2.45, 2.75) is 0 Å². The first-order valence-corrected chi connectivity index (χ1v) is 6.60. The van der Waals surface area contributed by atoms with E-state index in [0.29, 0.717) is 11.3 Å². The van der Waals surface area contributed by atoms with Crippen LogP contribution in [0.3, 0.4) is 0 Å². The van der Waals surface area contributed by atoms with Gasteiger partial charge in [0.05, 0.1) is 13.4 Å². The Hall–Kier alpha value is -2.81. The molecule has 104 valence electrons. The average molecular weight is 278 g/mol. The van der Waals surface area contributed by atoms with E-state index in [9.17, 15) is 4.79 Å². The van der Waals surface area contributed by atoms with E-state index in [-0.39, 0.29) is 5.78 Å². The lowest BCUT2D eigenvalue weighted by Gasteiger charge is -2.01. The van der Waals surface area contributed by atoms with Gasteiger partial charge in [-0.05, 0) is 42.0 Å². The van der Waals surface area contributed by atoms with Crippen LogP contribution in [0.2, 0.25) is 0 Å². The number of fused-ring (bicyclic) bond motifs is 1. The molecular weight excluding hydrogens is 264 g/mol. The fourth-order valence-corrected chi connectivity index (χ4v) is 2.13. The van der Waals surface area contributed by atoms with Crippen molar-refractivity contribution in [1.82, 2.24) is 0 Å². The number of carbonyl (C=O) groups is 1. The molecule has 0 fully saturated rings. The summed E-state index contributed by atoms with van der Waals surface area (Å²) in [7, 11) is 1.58. The van der Waals surface area contributed by atoms with Gasteiger partial charge < -0.3 is 9.15 Å². The van der Waals surface area contributed by atoms with E-state index in [2.05, 4.69) is 0 Å². The van der Waals surface area contributed by atoms with Gasteiger partial charge in [0.2, 0.25) is 0 Å². The molecule has 1 heterocycles. The highest BCUT2D eigenvalue weighted by Crippen LogP contribution is 2.18. The summed E-state index contributed by atoms with van der Waals surface area (Å²) in [6, 6.07) is 14.8. The quantitative estimate of drug-likeness (QED) is 0.526. The van der Waals surface area contributed by atoms with E-state index in [4.69, 9.17) is 9.15 Å². The molecule has 1 aromatic heterocycles. The minimum absolute atomic E-state index is 0.0545. The molecule has 0 unspecified atom stereocenters. The number of ether oxygens (including phenoxy) is 1. The summed E-state index contributed by atoms with van der Waals surface area (Å²) in [6.07, 6.45) is 5.02. The predicted molar refractivity (Wildman–Crippen MR) is 82.6 cm³/mol. The summed E-state index contributed by atoms with van der Waals surface area (Å²) >= 11 is 0. The van der Waals surface area contributed by atoms with Gasteiger partial charge in [-0.15, -0.1) is 0 Å². The Bertz CT molecular complexity index is 812. The first-order valence-electron chi connectivity index (χ1n) is 6.60. The predicted octanol–water partition coefficient (Wildman–Crippen LogP) is 4.34. The molecule has 3 nitrogen and oxygen atoms in total. The zero-order valence-corrected chi connectivity index (χ0v) is 11.6. The molecule has 0 saturated heterocycles. The summed E-state index contributed by atoms with van der Waals surface area (Å²) in [6.45, 7) is 0. The van der Waals surface area contributed by atoms with Crippen LogP contribution in [0.15, 0.2) is 65.3 Å². The van der Waals surface area contributed by atoms with Crippen molar-refractivity contribution >= 4 is 22.8 Å². The molecular formula is C18H14O3. The van der Waals surface area contributed by atoms with Crippen molar-refractivity contribution in [1.29, 1.82) is 0 Å². The second kappa shape index (κ2) is 5.67. The van der Waals surface area contributed by atoms with Gasteiger partial charge in [0.25, 0.3) is 0 Å². The highest BCUT2D eigenvalue weighted by molar-refractivity contribution is 6.07. The van der Waals surface area contributed by atoms with Crippen molar-refractivity contribution < 1.29 is 13.9 Å². The van der Waals surface area contributed by atoms with Crippen LogP contribution in [-0.4, -0.2) is 12.9 Å². The van der Waals surface area contributed by atoms with Gasteiger partial charge >= 0.3 is 0 Å². The maximum atomic E-state index is 12.1. The smallest absolute Gasteiger partial charge is 0.185 e. The third-order valence-electron chi connectivity index (χ3n) is 3.26. The Morgan fingerprint density at radius 1 is 1.14 bits per heavy atom. The molecule has 0 aliphatic rings. The molecule has 0 aliphatic carbocycles. The molecule has 21 heavy (non-hydrogen) atoms. The van der Waals surface area contributed by atoms with Gasteiger partial charge in [-0.25, -0.2) is 0 Å². The molecule has 0 atom stereocenters. The third kappa shape index (κ3) is 2.87. The SMILES string of the molecule is COc1cccc(C(=O)/C=C/c2ccc3occc3c2)c1. The molecule has 0 saturated carbocycles. The van der Waals surface area contributed by atoms with Gasteiger partial charge in [-0.1, -0.05) is 24.3 Å². The lowest BCUT2D eigenvalue weighted by Crippen LogP contribution is -1.94. The second-order valence-corrected chi connectivity index (χ2v) is 4.65.